The normalized spacial score (nSPS) is 12.2. The van der Waals surface area contributed by atoms with Crippen molar-refractivity contribution in [3.05, 3.63) is 28.9 Å². The van der Waals surface area contributed by atoms with Crippen LogP contribution < -0.4 is 10.6 Å². The highest BCUT2D eigenvalue weighted by Gasteiger charge is 2.12. The topological polar surface area (TPSA) is 75.9 Å². The minimum Gasteiger partial charge on any atom is -0.464 e. The van der Waals surface area contributed by atoms with E-state index in [-0.39, 0.29) is 11.3 Å². The predicted octanol–water partition coefficient (Wildman–Crippen LogP) is 3.03. The summed E-state index contributed by atoms with van der Waals surface area (Å²) in [5, 5.41) is 6.28. The van der Waals surface area contributed by atoms with Crippen LogP contribution in [0.15, 0.2) is 16.5 Å². The monoisotopic (exact) mass is 281 g/mol. The first kappa shape index (κ1) is 13.6. The molecule has 0 aliphatic rings. The molecule has 0 bridgehead atoms. The first-order valence-corrected chi connectivity index (χ1v) is 6.44. The van der Waals surface area contributed by atoms with Crippen LogP contribution in [-0.2, 0) is 0 Å². The molecule has 2 aromatic heterocycles. The molecule has 2 heterocycles. The fourth-order valence-electron chi connectivity index (χ4n) is 1.60. The lowest BCUT2D eigenvalue weighted by molar-refractivity contribution is 0.466. The summed E-state index contributed by atoms with van der Waals surface area (Å²) in [6, 6.07) is 3.78. The summed E-state index contributed by atoms with van der Waals surface area (Å²) in [7, 11) is 0. The maximum absolute atomic E-state index is 5.85. The summed E-state index contributed by atoms with van der Waals surface area (Å²) >= 11 is 5.85. The molecular formula is C12H16ClN5O. The molecular weight excluding hydrogens is 266 g/mol. The van der Waals surface area contributed by atoms with Crippen LogP contribution in [0, 0.1) is 6.92 Å². The Bertz CT molecular complexity index is 557. The van der Waals surface area contributed by atoms with E-state index >= 15 is 0 Å². The van der Waals surface area contributed by atoms with Crippen LogP contribution in [0.25, 0.3) is 0 Å². The van der Waals surface area contributed by atoms with E-state index in [2.05, 4.69) is 25.6 Å². The molecule has 2 aromatic rings. The summed E-state index contributed by atoms with van der Waals surface area (Å²) in [4.78, 5) is 12.2. The van der Waals surface area contributed by atoms with E-state index in [0.717, 1.165) is 11.5 Å². The van der Waals surface area contributed by atoms with Crippen molar-refractivity contribution in [2.75, 3.05) is 17.2 Å². The van der Waals surface area contributed by atoms with Gasteiger partial charge in [0.15, 0.2) is 0 Å². The van der Waals surface area contributed by atoms with Crippen LogP contribution >= 0.6 is 11.6 Å². The average Bonchev–Trinajstić information content (AvgIpc) is 2.75. The van der Waals surface area contributed by atoms with Crippen molar-refractivity contribution in [1.29, 1.82) is 0 Å². The van der Waals surface area contributed by atoms with Crippen molar-refractivity contribution >= 4 is 23.5 Å². The average molecular weight is 282 g/mol. The second kappa shape index (κ2) is 5.88. The van der Waals surface area contributed by atoms with E-state index in [4.69, 9.17) is 16.0 Å². The fourth-order valence-corrected chi connectivity index (χ4v) is 1.76. The van der Waals surface area contributed by atoms with E-state index in [0.29, 0.717) is 18.4 Å². The molecule has 7 heteroatoms. The molecule has 19 heavy (non-hydrogen) atoms. The number of furan rings is 1. The molecule has 0 saturated carbocycles. The largest absolute Gasteiger partial charge is 0.464 e. The molecule has 0 saturated heterocycles. The molecule has 2 N–H and O–H groups in total. The SMILES string of the molecule is CCNc1nc(Cl)nc(NC(C)c2ccc(C)o2)n1. The highest BCUT2D eigenvalue weighted by molar-refractivity contribution is 6.28. The fraction of sp³-hybridized carbons (Fsp3) is 0.417. The Hall–Kier alpha value is -1.82. The summed E-state index contributed by atoms with van der Waals surface area (Å²) in [5.74, 6) is 2.55. The van der Waals surface area contributed by atoms with Gasteiger partial charge in [-0.05, 0) is 44.5 Å². The van der Waals surface area contributed by atoms with Crippen molar-refractivity contribution < 1.29 is 4.42 Å². The second-order valence-electron chi connectivity index (χ2n) is 4.10. The lowest BCUT2D eigenvalue weighted by Crippen LogP contribution is -2.11. The predicted molar refractivity (Wildman–Crippen MR) is 74.5 cm³/mol. The Kier molecular flexibility index (Phi) is 4.21. The van der Waals surface area contributed by atoms with E-state index in [9.17, 15) is 0 Å². The van der Waals surface area contributed by atoms with Crippen LogP contribution in [0.1, 0.15) is 31.4 Å². The maximum atomic E-state index is 5.85. The van der Waals surface area contributed by atoms with Crippen molar-refractivity contribution in [2.45, 2.75) is 26.8 Å². The van der Waals surface area contributed by atoms with Crippen LogP contribution in [-0.4, -0.2) is 21.5 Å². The van der Waals surface area contributed by atoms with Crippen LogP contribution in [0.2, 0.25) is 5.28 Å². The van der Waals surface area contributed by atoms with Crippen LogP contribution in [0.4, 0.5) is 11.9 Å². The van der Waals surface area contributed by atoms with Crippen molar-refractivity contribution in [2.24, 2.45) is 0 Å². The number of aromatic nitrogens is 3. The highest BCUT2D eigenvalue weighted by Crippen LogP contribution is 2.20. The van der Waals surface area contributed by atoms with Gasteiger partial charge in [-0.3, -0.25) is 0 Å². The van der Waals surface area contributed by atoms with Gasteiger partial charge < -0.3 is 15.1 Å². The standard InChI is InChI=1S/C12H16ClN5O/c1-4-14-11-16-10(13)17-12(18-11)15-8(3)9-6-5-7(2)19-9/h5-6,8H,4H2,1-3H3,(H2,14,15,16,17,18). The number of rotatable bonds is 5. The number of hydrogen-bond donors (Lipinski definition) is 2. The zero-order valence-corrected chi connectivity index (χ0v) is 11.8. The molecule has 0 aliphatic heterocycles. The first-order chi connectivity index (χ1) is 9.08. The second-order valence-corrected chi connectivity index (χ2v) is 4.43. The maximum Gasteiger partial charge on any atom is 0.229 e. The summed E-state index contributed by atoms with van der Waals surface area (Å²) in [6.07, 6.45) is 0. The Balaban J connectivity index is 2.14. The first-order valence-electron chi connectivity index (χ1n) is 6.06. The molecule has 0 amide bonds. The minimum absolute atomic E-state index is 0.0540. The van der Waals surface area contributed by atoms with Gasteiger partial charge in [0, 0.05) is 6.54 Å². The number of nitrogens with zero attached hydrogens (tertiary/aromatic N) is 3. The van der Waals surface area contributed by atoms with Crippen molar-refractivity contribution in [3.8, 4) is 0 Å². The van der Waals surface area contributed by atoms with Gasteiger partial charge in [-0.25, -0.2) is 0 Å². The Morgan fingerprint density at radius 1 is 1.26 bits per heavy atom. The van der Waals surface area contributed by atoms with Crippen LogP contribution in [0.3, 0.4) is 0 Å². The third-order valence-corrected chi connectivity index (χ3v) is 2.65. The van der Waals surface area contributed by atoms with Gasteiger partial charge in [0.2, 0.25) is 17.2 Å². The number of nitrogens with one attached hydrogen (secondary N) is 2. The summed E-state index contributed by atoms with van der Waals surface area (Å²) < 4.78 is 5.54. The smallest absolute Gasteiger partial charge is 0.229 e. The molecule has 0 fully saturated rings. The van der Waals surface area contributed by atoms with Gasteiger partial charge in [-0.15, -0.1) is 0 Å². The number of aryl methyl sites for hydroxylation is 1. The highest BCUT2D eigenvalue weighted by atomic mass is 35.5. The lowest BCUT2D eigenvalue weighted by Gasteiger charge is -2.12. The van der Waals surface area contributed by atoms with Gasteiger partial charge in [0.05, 0.1) is 6.04 Å². The number of hydrogen-bond acceptors (Lipinski definition) is 6. The molecule has 0 aliphatic carbocycles. The Morgan fingerprint density at radius 2 is 2.00 bits per heavy atom. The van der Waals surface area contributed by atoms with Gasteiger partial charge in [0.1, 0.15) is 11.5 Å². The Morgan fingerprint density at radius 3 is 2.63 bits per heavy atom. The van der Waals surface area contributed by atoms with Gasteiger partial charge in [-0.2, -0.15) is 15.0 Å². The quantitative estimate of drug-likeness (QED) is 0.877. The molecule has 2 rings (SSSR count). The molecule has 1 atom stereocenters. The van der Waals surface area contributed by atoms with Crippen LogP contribution in [0.5, 0.6) is 0 Å². The molecule has 6 nitrogen and oxygen atoms in total. The van der Waals surface area contributed by atoms with Gasteiger partial charge in [0.25, 0.3) is 0 Å². The third kappa shape index (κ3) is 3.57. The summed E-state index contributed by atoms with van der Waals surface area (Å²) in [6.45, 7) is 6.54. The van der Waals surface area contributed by atoms with E-state index in [1.165, 1.54) is 0 Å². The lowest BCUT2D eigenvalue weighted by atomic mass is 10.2. The van der Waals surface area contributed by atoms with Crippen molar-refractivity contribution in [3.63, 3.8) is 0 Å². The zero-order chi connectivity index (χ0) is 13.8. The minimum atomic E-state index is -0.0540. The molecule has 0 aromatic carbocycles. The summed E-state index contributed by atoms with van der Waals surface area (Å²) in [5.41, 5.74) is 0. The Labute approximate surface area is 116 Å². The molecule has 0 spiro atoms. The zero-order valence-electron chi connectivity index (χ0n) is 11.1. The van der Waals surface area contributed by atoms with Gasteiger partial charge >= 0.3 is 0 Å². The molecule has 1 unspecified atom stereocenters. The van der Waals surface area contributed by atoms with E-state index in [1.807, 2.05) is 32.9 Å². The molecule has 102 valence electrons. The van der Waals surface area contributed by atoms with Crippen molar-refractivity contribution in [1.82, 2.24) is 15.0 Å². The van der Waals surface area contributed by atoms with E-state index in [1.54, 1.807) is 0 Å². The third-order valence-electron chi connectivity index (χ3n) is 2.48. The molecule has 0 radical (unpaired) electrons. The van der Waals surface area contributed by atoms with Gasteiger partial charge in [-0.1, -0.05) is 0 Å². The van der Waals surface area contributed by atoms with E-state index < -0.39 is 0 Å². The number of halogens is 1. The number of anilines is 2.